The van der Waals surface area contributed by atoms with Crippen LogP contribution in [0.25, 0.3) is 0 Å². The third kappa shape index (κ3) is 1.87. The zero-order valence-corrected chi connectivity index (χ0v) is 11.8. The highest BCUT2D eigenvalue weighted by molar-refractivity contribution is 5.75. The number of likely N-dealkylation sites (N-methyl/N-ethyl adjacent to an activating group) is 1. The van der Waals surface area contributed by atoms with Gasteiger partial charge in [-0.05, 0) is 62.8 Å². The second-order valence-corrected chi connectivity index (χ2v) is 7.25. The summed E-state index contributed by atoms with van der Waals surface area (Å²) in [5, 5.41) is 6.39. The number of urea groups is 1. The van der Waals surface area contributed by atoms with Crippen LogP contribution in [0.3, 0.4) is 0 Å². The Morgan fingerprint density at radius 1 is 1.11 bits per heavy atom. The maximum absolute atomic E-state index is 12.3. The third-order valence-corrected chi connectivity index (χ3v) is 6.12. The van der Waals surface area contributed by atoms with Crippen molar-refractivity contribution in [2.45, 2.75) is 44.2 Å². The molecular weight excluding hydrogens is 238 g/mol. The summed E-state index contributed by atoms with van der Waals surface area (Å²) in [4.78, 5) is 14.4. The first-order valence-electron chi connectivity index (χ1n) is 7.96. The fraction of sp³-hybridized carbons (Fsp3) is 0.933. The molecule has 106 valence electrons. The first-order valence-corrected chi connectivity index (χ1v) is 7.96. The van der Waals surface area contributed by atoms with Gasteiger partial charge in [-0.15, -0.1) is 0 Å². The molecule has 1 unspecified atom stereocenters. The van der Waals surface area contributed by atoms with E-state index in [2.05, 4.69) is 15.5 Å². The number of carbonyl (C=O) groups excluding carboxylic acids is 1. The van der Waals surface area contributed by atoms with E-state index in [1.165, 1.54) is 32.1 Å². The second kappa shape index (κ2) is 4.37. The average Bonchev–Trinajstić information content (AvgIpc) is 2.39. The lowest BCUT2D eigenvalue weighted by molar-refractivity contribution is -0.0555. The highest BCUT2D eigenvalue weighted by Gasteiger charge is 2.51. The van der Waals surface area contributed by atoms with Crippen molar-refractivity contribution in [3.8, 4) is 0 Å². The molecule has 4 nitrogen and oxygen atoms in total. The molecule has 4 saturated carbocycles. The molecule has 0 aromatic rings. The first-order chi connectivity index (χ1) is 9.24. The van der Waals surface area contributed by atoms with Crippen LogP contribution in [-0.2, 0) is 0 Å². The van der Waals surface area contributed by atoms with E-state index in [9.17, 15) is 4.79 Å². The zero-order valence-electron chi connectivity index (χ0n) is 11.8. The van der Waals surface area contributed by atoms with E-state index in [4.69, 9.17) is 0 Å². The smallest absolute Gasteiger partial charge is 0.317 e. The molecule has 0 radical (unpaired) electrons. The topological polar surface area (TPSA) is 44.4 Å². The zero-order chi connectivity index (χ0) is 13.0. The Bertz CT molecular complexity index is 356. The summed E-state index contributed by atoms with van der Waals surface area (Å²) >= 11 is 0. The monoisotopic (exact) mass is 263 g/mol. The van der Waals surface area contributed by atoms with Crippen LogP contribution < -0.4 is 10.6 Å². The van der Waals surface area contributed by atoms with Crippen molar-refractivity contribution in [1.29, 1.82) is 0 Å². The maximum Gasteiger partial charge on any atom is 0.317 e. The van der Waals surface area contributed by atoms with Gasteiger partial charge >= 0.3 is 6.03 Å². The van der Waals surface area contributed by atoms with E-state index in [0.717, 1.165) is 36.8 Å². The van der Waals surface area contributed by atoms with Gasteiger partial charge in [-0.1, -0.05) is 0 Å². The predicted molar refractivity (Wildman–Crippen MR) is 73.8 cm³/mol. The van der Waals surface area contributed by atoms with Crippen molar-refractivity contribution in [2.24, 2.45) is 23.7 Å². The van der Waals surface area contributed by atoms with Crippen molar-refractivity contribution in [2.75, 3.05) is 20.1 Å². The van der Waals surface area contributed by atoms with E-state index < -0.39 is 0 Å². The fourth-order valence-corrected chi connectivity index (χ4v) is 5.55. The number of hydrogen-bond acceptors (Lipinski definition) is 2. The Kier molecular flexibility index (Phi) is 2.76. The van der Waals surface area contributed by atoms with Crippen LogP contribution in [-0.4, -0.2) is 43.2 Å². The number of rotatable bonds is 2. The number of hydrogen-bond donors (Lipinski definition) is 2. The van der Waals surface area contributed by atoms with Crippen molar-refractivity contribution in [3.63, 3.8) is 0 Å². The molecule has 2 amide bonds. The summed E-state index contributed by atoms with van der Waals surface area (Å²) in [5.41, 5.74) is 0. The molecule has 5 aliphatic rings. The molecule has 5 fully saturated rings. The van der Waals surface area contributed by atoms with E-state index in [0.29, 0.717) is 12.1 Å². The third-order valence-electron chi connectivity index (χ3n) is 6.12. The molecule has 4 aliphatic carbocycles. The van der Waals surface area contributed by atoms with E-state index in [-0.39, 0.29) is 6.03 Å². The normalized spacial score (nSPS) is 48.5. The van der Waals surface area contributed by atoms with Crippen LogP contribution in [0.1, 0.15) is 32.1 Å². The minimum absolute atomic E-state index is 0.184. The van der Waals surface area contributed by atoms with Crippen molar-refractivity contribution >= 4 is 6.03 Å². The quantitative estimate of drug-likeness (QED) is 0.791. The molecule has 1 aliphatic heterocycles. The lowest BCUT2D eigenvalue weighted by atomic mass is 9.54. The molecular formula is C15H25N3O. The summed E-state index contributed by atoms with van der Waals surface area (Å²) in [5.74, 6) is 3.54. The van der Waals surface area contributed by atoms with E-state index >= 15 is 0 Å². The van der Waals surface area contributed by atoms with Gasteiger partial charge in [-0.25, -0.2) is 4.79 Å². The molecule has 19 heavy (non-hydrogen) atoms. The van der Waals surface area contributed by atoms with Crippen LogP contribution in [0.15, 0.2) is 0 Å². The minimum Gasteiger partial charge on any atom is -0.336 e. The summed E-state index contributed by atoms with van der Waals surface area (Å²) in [6, 6.07) is 1.13. The van der Waals surface area contributed by atoms with Gasteiger partial charge in [0, 0.05) is 25.2 Å². The van der Waals surface area contributed by atoms with Gasteiger partial charge in [-0.2, -0.15) is 0 Å². The lowest BCUT2D eigenvalue weighted by Crippen LogP contribution is -2.65. The lowest BCUT2D eigenvalue weighted by Gasteiger charge is -2.58. The maximum atomic E-state index is 12.3. The highest BCUT2D eigenvalue weighted by Crippen LogP contribution is 2.55. The Morgan fingerprint density at radius 3 is 2.32 bits per heavy atom. The van der Waals surface area contributed by atoms with Crippen LogP contribution in [0.2, 0.25) is 0 Å². The van der Waals surface area contributed by atoms with Crippen molar-refractivity contribution in [3.05, 3.63) is 0 Å². The van der Waals surface area contributed by atoms with E-state index in [1.54, 1.807) is 0 Å². The molecule has 2 N–H and O–H groups in total. The van der Waals surface area contributed by atoms with Crippen LogP contribution in [0.4, 0.5) is 4.79 Å². The molecule has 1 heterocycles. The Morgan fingerprint density at radius 2 is 1.74 bits per heavy atom. The Labute approximate surface area is 115 Å². The van der Waals surface area contributed by atoms with Gasteiger partial charge in [0.15, 0.2) is 0 Å². The first kappa shape index (κ1) is 12.0. The highest BCUT2D eigenvalue weighted by atomic mass is 16.2. The number of nitrogens with zero attached hydrogens (tertiary/aromatic N) is 1. The standard InChI is InChI=1S/C15H25N3O/c1-16-13-7-17-15(19)18(8-13)14-11-3-9-2-10(5-11)6-12(14)4-9/h9-14,16H,2-8H2,1H3,(H,17,19). The fourth-order valence-electron chi connectivity index (χ4n) is 5.55. The summed E-state index contributed by atoms with van der Waals surface area (Å²) < 4.78 is 0. The van der Waals surface area contributed by atoms with Gasteiger partial charge in [0.2, 0.25) is 0 Å². The summed E-state index contributed by atoms with van der Waals surface area (Å²) in [6.45, 7) is 1.68. The summed E-state index contributed by atoms with van der Waals surface area (Å²) in [6.07, 6.45) is 7.00. The summed E-state index contributed by atoms with van der Waals surface area (Å²) in [7, 11) is 2.00. The van der Waals surface area contributed by atoms with Gasteiger partial charge in [0.05, 0.1) is 0 Å². The largest absolute Gasteiger partial charge is 0.336 e. The molecule has 1 atom stereocenters. The van der Waals surface area contributed by atoms with Crippen LogP contribution in [0, 0.1) is 23.7 Å². The van der Waals surface area contributed by atoms with Crippen molar-refractivity contribution in [1.82, 2.24) is 15.5 Å². The van der Waals surface area contributed by atoms with Gasteiger partial charge < -0.3 is 15.5 Å². The molecule has 1 saturated heterocycles. The molecule has 4 bridgehead atoms. The molecule has 4 heteroatoms. The SMILES string of the molecule is CNC1CNC(=O)N(C2C3CC4CC(C3)CC2C4)C1. The molecule has 0 spiro atoms. The number of carbonyl (C=O) groups is 1. The predicted octanol–water partition coefficient (Wildman–Crippen LogP) is 1.42. The minimum atomic E-state index is 0.184. The number of nitrogens with one attached hydrogen (secondary N) is 2. The second-order valence-electron chi connectivity index (χ2n) is 7.25. The van der Waals surface area contributed by atoms with E-state index in [1.807, 2.05) is 7.05 Å². The van der Waals surface area contributed by atoms with Crippen molar-refractivity contribution < 1.29 is 4.79 Å². The molecule has 0 aromatic heterocycles. The molecule has 5 rings (SSSR count). The van der Waals surface area contributed by atoms with Crippen LogP contribution >= 0.6 is 0 Å². The van der Waals surface area contributed by atoms with Gasteiger partial charge in [-0.3, -0.25) is 0 Å². The molecule has 0 aromatic carbocycles. The Hall–Kier alpha value is -0.770. The van der Waals surface area contributed by atoms with Crippen LogP contribution in [0.5, 0.6) is 0 Å². The average molecular weight is 263 g/mol. The number of amides is 2. The van der Waals surface area contributed by atoms with Gasteiger partial charge in [0.25, 0.3) is 0 Å². The van der Waals surface area contributed by atoms with Gasteiger partial charge in [0.1, 0.15) is 0 Å². The Balaban J connectivity index is 1.56.